The monoisotopic (exact) mass is 599 g/mol. The van der Waals surface area contributed by atoms with E-state index in [1.165, 1.54) is 31.2 Å². The van der Waals surface area contributed by atoms with Crippen LogP contribution in [0.3, 0.4) is 0 Å². The number of furan rings is 1. The van der Waals surface area contributed by atoms with E-state index in [-0.39, 0.29) is 0 Å². The first kappa shape index (κ1) is 33.1. The molecule has 232 valence electrons. The van der Waals surface area contributed by atoms with Crippen molar-refractivity contribution in [1.29, 1.82) is 0 Å². The first-order chi connectivity index (χ1) is 21.8. The third kappa shape index (κ3) is 8.45. The van der Waals surface area contributed by atoms with Crippen LogP contribution in [0, 0.1) is 20.8 Å². The molecular formula is C40H47N4O+. The van der Waals surface area contributed by atoms with E-state index in [0.29, 0.717) is 5.88 Å². The third-order valence-corrected chi connectivity index (χ3v) is 7.61. The molecule has 0 radical (unpaired) electrons. The summed E-state index contributed by atoms with van der Waals surface area (Å²) in [7, 11) is 0. The fourth-order valence-electron chi connectivity index (χ4n) is 5.17. The maximum atomic E-state index is 6.23. The first-order valence-corrected chi connectivity index (χ1v) is 16.0. The van der Waals surface area contributed by atoms with Crippen LogP contribution in [0.25, 0.3) is 33.6 Å². The van der Waals surface area contributed by atoms with E-state index in [0.717, 1.165) is 50.7 Å². The Hall–Kier alpha value is -4.77. The average molecular weight is 600 g/mol. The quantitative estimate of drug-likeness (QED) is 0.104. The number of hydrogen-bond acceptors (Lipinski definition) is 3. The largest absolute Gasteiger partial charge is 0.434 e. The number of fused-ring (bicyclic) bond motifs is 1. The molecule has 45 heavy (non-hydrogen) atoms. The van der Waals surface area contributed by atoms with Crippen LogP contribution in [0.1, 0.15) is 70.3 Å². The third-order valence-electron chi connectivity index (χ3n) is 7.61. The minimum absolute atomic E-state index is 0.692. The number of imidazole rings is 1. The molecule has 0 N–H and O–H groups in total. The molecule has 3 heterocycles. The summed E-state index contributed by atoms with van der Waals surface area (Å²) in [6.07, 6.45) is 11.5. The van der Waals surface area contributed by atoms with Crippen molar-refractivity contribution >= 4 is 22.6 Å². The Morgan fingerprint density at radius 2 is 1.44 bits per heavy atom. The van der Waals surface area contributed by atoms with Crippen molar-refractivity contribution in [1.82, 2.24) is 9.55 Å². The first-order valence-electron chi connectivity index (χ1n) is 16.0. The van der Waals surface area contributed by atoms with Gasteiger partial charge in [-0.3, -0.25) is 4.98 Å². The standard InChI is InChI=1S/C23H24N3O.C11H9N.C6H14/c1-15(2)24-23-17(4)20-12-11-16(3)21(22(20)27-23)26-14-13-25(18(26)5)19-9-7-6-8-10-19;1-2-6-10(7-3-1)11-8-4-5-9-12-11;1-3-5-6-4-2/h6-14H,1-5H3;1-9H;3-6H2,1-2H3/q+1;;. The van der Waals surface area contributed by atoms with Crippen LogP contribution in [0.5, 0.6) is 0 Å². The molecule has 0 saturated heterocycles. The molecule has 3 aromatic heterocycles. The number of unbranched alkanes of at least 4 members (excludes halogenated alkanes) is 3. The summed E-state index contributed by atoms with van der Waals surface area (Å²) in [6, 6.07) is 30.7. The number of benzene rings is 3. The fraction of sp³-hybridized carbons (Fsp3) is 0.275. The maximum Gasteiger partial charge on any atom is 0.263 e. The molecule has 0 atom stereocenters. The molecule has 6 rings (SSSR count). The Balaban J connectivity index is 0.000000210. The van der Waals surface area contributed by atoms with Crippen LogP contribution < -0.4 is 4.57 Å². The summed E-state index contributed by atoms with van der Waals surface area (Å²) >= 11 is 0. The van der Waals surface area contributed by atoms with Gasteiger partial charge in [0.25, 0.3) is 5.82 Å². The molecule has 0 unspecified atom stereocenters. The highest BCUT2D eigenvalue weighted by atomic mass is 16.3. The number of hydrogen-bond donors (Lipinski definition) is 0. The summed E-state index contributed by atoms with van der Waals surface area (Å²) in [5.74, 6) is 1.81. The molecule has 6 aromatic rings. The minimum Gasteiger partial charge on any atom is -0.434 e. The molecule has 5 heteroatoms. The van der Waals surface area contributed by atoms with Crippen molar-refractivity contribution < 1.29 is 8.98 Å². The molecule has 0 aliphatic heterocycles. The van der Waals surface area contributed by atoms with Crippen molar-refractivity contribution in [2.45, 2.75) is 74.1 Å². The van der Waals surface area contributed by atoms with Crippen LogP contribution in [-0.2, 0) is 0 Å². The van der Waals surface area contributed by atoms with Crippen molar-refractivity contribution in [2.75, 3.05) is 0 Å². The second-order valence-corrected chi connectivity index (χ2v) is 11.4. The van der Waals surface area contributed by atoms with Gasteiger partial charge < -0.3 is 4.42 Å². The number of aliphatic imine (C=N–C) groups is 1. The molecule has 0 bridgehead atoms. The van der Waals surface area contributed by atoms with Crippen LogP contribution in [0.4, 0.5) is 5.88 Å². The van der Waals surface area contributed by atoms with Crippen LogP contribution in [0.2, 0.25) is 0 Å². The Kier molecular flexibility index (Phi) is 12.0. The van der Waals surface area contributed by atoms with Gasteiger partial charge in [-0.1, -0.05) is 106 Å². The summed E-state index contributed by atoms with van der Waals surface area (Å²) < 4.78 is 10.6. The highest BCUT2D eigenvalue weighted by Gasteiger charge is 2.23. The van der Waals surface area contributed by atoms with Gasteiger partial charge in [-0.15, -0.1) is 0 Å². The Morgan fingerprint density at radius 3 is 2.04 bits per heavy atom. The second kappa shape index (κ2) is 16.3. The Bertz CT molecular complexity index is 1750. The lowest BCUT2D eigenvalue weighted by Crippen LogP contribution is -2.33. The normalized spacial score (nSPS) is 10.5. The SMILES string of the molecule is CC(C)=Nc1oc2c(-[n+]3ccn(-c4ccccc4)c3C)c(C)ccc2c1C.CCCCCC.c1ccc(-c2ccccn2)cc1. The summed E-state index contributed by atoms with van der Waals surface area (Å²) in [4.78, 5) is 8.82. The van der Waals surface area contributed by atoms with E-state index in [9.17, 15) is 0 Å². The number of nitrogens with zero attached hydrogens (tertiary/aromatic N) is 4. The van der Waals surface area contributed by atoms with Gasteiger partial charge in [0.05, 0.1) is 5.69 Å². The number of aromatic nitrogens is 3. The molecular weight excluding hydrogens is 552 g/mol. The summed E-state index contributed by atoms with van der Waals surface area (Å²) in [5.41, 5.74) is 8.50. The zero-order chi connectivity index (χ0) is 32.2. The van der Waals surface area contributed by atoms with Gasteiger partial charge in [-0.05, 0) is 52.0 Å². The lowest BCUT2D eigenvalue weighted by Gasteiger charge is -2.05. The molecule has 0 aliphatic carbocycles. The maximum absolute atomic E-state index is 6.23. The Morgan fingerprint density at radius 1 is 0.800 bits per heavy atom. The predicted molar refractivity (Wildman–Crippen MR) is 189 cm³/mol. The highest BCUT2D eigenvalue weighted by Crippen LogP contribution is 2.35. The molecule has 3 aromatic carbocycles. The second-order valence-electron chi connectivity index (χ2n) is 11.4. The number of para-hydroxylation sites is 1. The molecule has 0 spiro atoms. The Labute approximate surface area is 268 Å². The smallest absolute Gasteiger partial charge is 0.263 e. The van der Waals surface area contributed by atoms with E-state index in [1.54, 1.807) is 0 Å². The van der Waals surface area contributed by atoms with Crippen molar-refractivity contribution in [3.63, 3.8) is 0 Å². The van der Waals surface area contributed by atoms with Crippen LogP contribution >= 0.6 is 0 Å². The van der Waals surface area contributed by atoms with Crippen molar-refractivity contribution in [3.05, 3.63) is 127 Å². The molecule has 5 nitrogen and oxygen atoms in total. The van der Waals surface area contributed by atoms with Crippen molar-refractivity contribution in [3.8, 4) is 22.6 Å². The van der Waals surface area contributed by atoms with Gasteiger partial charge in [-0.25, -0.2) is 4.99 Å². The number of aryl methyl sites for hydroxylation is 2. The topological polar surface area (TPSA) is 47.2 Å². The lowest BCUT2D eigenvalue weighted by molar-refractivity contribution is -0.601. The number of pyridine rings is 1. The van der Waals surface area contributed by atoms with Gasteiger partial charge in [-0.2, -0.15) is 9.13 Å². The van der Waals surface area contributed by atoms with Crippen molar-refractivity contribution in [2.24, 2.45) is 4.99 Å². The molecule has 0 saturated carbocycles. The predicted octanol–water partition coefficient (Wildman–Crippen LogP) is 10.9. The minimum atomic E-state index is 0.692. The average Bonchev–Trinajstić information content (AvgIpc) is 3.60. The van der Waals surface area contributed by atoms with Gasteiger partial charge in [0, 0.05) is 40.9 Å². The van der Waals surface area contributed by atoms with E-state index in [1.807, 2.05) is 62.5 Å². The van der Waals surface area contributed by atoms with Gasteiger partial charge in [0.1, 0.15) is 18.1 Å². The lowest BCUT2D eigenvalue weighted by atomic mass is 10.1. The molecule has 0 aliphatic rings. The zero-order valence-corrected chi connectivity index (χ0v) is 27.9. The van der Waals surface area contributed by atoms with E-state index in [2.05, 4.69) is 115 Å². The number of rotatable bonds is 7. The summed E-state index contributed by atoms with van der Waals surface area (Å²) in [5, 5.41) is 1.11. The highest BCUT2D eigenvalue weighted by molar-refractivity contribution is 5.92. The van der Waals surface area contributed by atoms with Gasteiger partial charge in [0.15, 0.2) is 11.3 Å². The van der Waals surface area contributed by atoms with E-state index in [4.69, 9.17) is 4.42 Å². The van der Waals surface area contributed by atoms with Gasteiger partial charge >= 0.3 is 0 Å². The van der Waals surface area contributed by atoms with Crippen LogP contribution in [-0.4, -0.2) is 15.3 Å². The summed E-state index contributed by atoms with van der Waals surface area (Å²) in [6.45, 7) is 14.7. The van der Waals surface area contributed by atoms with E-state index < -0.39 is 0 Å². The zero-order valence-electron chi connectivity index (χ0n) is 27.9. The molecule has 0 amide bonds. The van der Waals surface area contributed by atoms with Crippen LogP contribution in [0.15, 0.2) is 119 Å². The molecule has 0 fully saturated rings. The fourth-order valence-corrected chi connectivity index (χ4v) is 5.17. The van der Waals surface area contributed by atoms with Gasteiger partial charge in [0.2, 0.25) is 5.88 Å². The van der Waals surface area contributed by atoms with E-state index >= 15 is 0 Å².